The average molecular weight is 442 g/mol. The molecule has 0 aliphatic rings. The lowest BCUT2D eigenvalue weighted by Crippen LogP contribution is -2.15. The number of carbonyl (C=O) groups is 2. The second kappa shape index (κ2) is 9.60. The quantitative estimate of drug-likeness (QED) is 0.468. The first-order valence-electron chi connectivity index (χ1n) is 10.2. The van der Waals surface area contributed by atoms with Crippen LogP contribution >= 0.6 is 7.60 Å². The second-order valence-electron chi connectivity index (χ2n) is 7.12. The Morgan fingerprint density at radius 3 is 2.23 bits per heavy atom. The molecular formula is C23H27N2O5P. The molecule has 7 nitrogen and oxygen atoms in total. The predicted octanol–water partition coefficient (Wildman–Crippen LogP) is 4.43. The summed E-state index contributed by atoms with van der Waals surface area (Å²) in [6.07, 6.45) is -0.0397. The molecule has 3 aromatic rings. The Labute approximate surface area is 181 Å². The van der Waals surface area contributed by atoms with Crippen LogP contribution in [0.4, 0.5) is 0 Å². The summed E-state index contributed by atoms with van der Waals surface area (Å²) < 4.78 is 25.8. The van der Waals surface area contributed by atoms with Gasteiger partial charge < -0.3 is 19.3 Å². The number of hydrogen-bond acceptors (Lipinski definition) is 5. The normalized spacial score (nSPS) is 11.7. The summed E-state index contributed by atoms with van der Waals surface area (Å²) >= 11 is 0. The summed E-state index contributed by atoms with van der Waals surface area (Å²) in [7, 11) is -4.03. The number of nitrogens with two attached hydrogens (primary N) is 1. The maximum absolute atomic E-state index is 13.3. The van der Waals surface area contributed by atoms with Gasteiger partial charge in [-0.3, -0.25) is 14.2 Å². The molecule has 1 amide bonds. The number of amides is 1. The first-order chi connectivity index (χ1) is 14.8. The van der Waals surface area contributed by atoms with Crippen molar-refractivity contribution in [3.63, 3.8) is 0 Å². The van der Waals surface area contributed by atoms with Crippen LogP contribution in [0.5, 0.6) is 0 Å². The molecular weight excluding hydrogens is 415 g/mol. The van der Waals surface area contributed by atoms with E-state index in [-0.39, 0.29) is 25.2 Å². The molecule has 164 valence electrons. The molecule has 0 fully saturated rings. The highest BCUT2D eigenvalue weighted by atomic mass is 31.2. The van der Waals surface area contributed by atoms with Crippen LogP contribution in [-0.4, -0.2) is 29.2 Å². The Bertz CT molecular complexity index is 1140. The number of rotatable bonds is 10. The lowest BCUT2D eigenvalue weighted by atomic mass is 10.0. The zero-order valence-electron chi connectivity index (χ0n) is 18.0. The molecule has 31 heavy (non-hydrogen) atoms. The van der Waals surface area contributed by atoms with Gasteiger partial charge in [-0.15, -0.1) is 0 Å². The molecule has 0 saturated carbocycles. The van der Waals surface area contributed by atoms with E-state index < -0.39 is 19.0 Å². The van der Waals surface area contributed by atoms with Gasteiger partial charge in [0.15, 0.2) is 0 Å². The van der Waals surface area contributed by atoms with Gasteiger partial charge in [-0.25, -0.2) is 0 Å². The van der Waals surface area contributed by atoms with Crippen molar-refractivity contribution in [2.75, 3.05) is 13.2 Å². The third-order valence-corrected chi connectivity index (χ3v) is 7.02. The van der Waals surface area contributed by atoms with Gasteiger partial charge in [-0.2, -0.15) is 0 Å². The van der Waals surface area contributed by atoms with Crippen LogP contribution < -0.4 is 5.73 Å². The first kappa shape index (κ1) is 22.9. The zero-order chi connectivity index (χ0) is 22.6. The maximum Gasteiger partial charge on any atom is 0.401 e. The first-order valence-corrected chi connectivity index (χ1v) is 11.7. The Balaban J connectivity index is 2.24. The van der Waals surface area contributed by atoms with E-state index in [1.165, 1.54) is 0 Å². The Morgan fingerprint density at radius 2 is 1.65 bits per heavy atom. The summed E-state index contributed by atoms with van der Waals surface area (Å²) in [6.45, 7) is 5.88. The number of carbonyl (C=O) groups excluding carboxylic acids is 2. The smallest absolute Gasteiger partial charge is 0.369 e. The van der Waals surface area contributed by atoms with Gasteiger partial charge in [-0.1, -0.05) is 36.4 Å². The van der Waals surface area contributed by atoms with Crippen molar-refractivity contribution in [1.29, 1.82) is 0 Å². The van der Waals surface area contributed by atoms with Crippen molar-refractivity contribution in [3.8, 4) is 0 Å². The van der Waals surface area contributed by atoms with Crippen LogP contribution in [0.3, 0.4) is 0 Å². The highest BCUT2D eigenvalue weighted by Gasteiger charge is 2.37. The monoisotopic (exact) mass is 442 g/mol. The van der Waals surface area contributed by atoms with Crippen molar-refractivity contribution in [2.24, 2.45) is 5.73 Å². The maximum atomic E-state index is 13.3. The van der Waals surface area contributed by atoms with Crippen LogP contribution in [-0.2, 0) is 31.4 Å². The Kier molecular flexibility index (Phi) is 7.11. The predicted molar refractivity (Wildman–Crippen MR) is 120 cm³/mol. The van der Waals surface area contributed by atoms with Gasteiger partial charge in [-0.05, 0) is 44.0 Å². The van der Waals surface area contributed by atoms with Gasteiger partial charge in [0.2, 0.25) is 5.91 Å². The van der Waals surface area contributed by atoms with Crippen LogP contribution in [0.1, 0.15) is 41.0 Å². The molecule has 1 heterocycles. The molecule has 0 atom stereocenters. The van der Waals surface area contributed by atoms with Crippen molar-refractivity contribution >= 4 is 29.9 Å². The van der Waals surface area contributed by atoms with Gasteiger partial charge in [0.05, 0.1) is 19.6 Å². The van der Waals surface area contributed by atoms with Crippen molar-refractivity contribution in [1.82, 2.24) is 4.57 Å². The van der Waals surface area contributed by atoms with E-state index in [1.54, 1.807) is 26.0 Å². The molecule has 8 heteroatoms. The molecule has 0 bridgehead atoms. The number of fused-ring (bicyclic) bond motifs is 1. The second-order valence-corrected chi connectivity index (χ2v) is 9.03. The summed E-state index contributed by atoms with van der Waals surface area (Å²) in [5.74, 6) is -0.512. The third-order valence-electron chi connectivity index (χ3n) is 5.09. The van der Waals surface area contributed by atoms with Crippen LogP contribution in [0.2, 0.25) is 0 Å². The minimum absolute atomic E-state index is 0.0397. The van der Waals surface area contributed by atoms with E-state index in [0.29, 0.717) is 17.5 Å². The van der Waals surface area contributed by atoms with Crippen molar-refractivity contribution in [2.45, 2.75) is 33.7 Å². The SMILES string of the molecule is CCOP(=O)(OCC)C(=O)c1cccc2c1c(CC(N)=O)c(C)n2Cc1ccccc1. The minimum Gasteiger partial charge on any atom is -0.369 e. The minimum atomic E-state index is -4.03. The largest absolute Gasteiger partial charge is 0.401 e. The topological polar surface area (TPSA) is 101 Å². The highest BCUT2D eigenvalue weighted by molar-refractivity contribution is 7.72. The van der Waals surface area contributed by atoms with Gasteiger partial charge >= 0.3 is 7.60 Å². The van der Waals surface area contributed by atoms with Gasteiger partial charge in [0, 0.05) is 28.7 Å². The van der Waals surface area contributed by atoms with Crippen LogP contribution in [0.25, 0.3) is 10.9 Å². The standard InChI is InChI=1S/C23H27N2O5P/c1-4-29-31(28,30-5-2)23(27)18-12-9-13-20-22(18)19(14-21(24)26)16(3)25(20)15-17-10-7-6-8-11-17/h6-13H,4-5,14-15H2,1-3H3,(H2,24,26). The van der Waals surface area contributed by atoms with E-state index in [4.69, 9.17) is 14.8 Å². The molecule has 0 aliphatic carbocycles. The molecule has 2 aromatic carbocycles. The van der Waals surface area contributed by atoms with Crippen molar-refractivity contribution in [3.05, 3.63) is 70.9 Å². The molecule has 3 rings (SSSR count). The summed E-state index contributed by atoms with van der Waals surface area (Å²) in [5, 5.41) is 0.555. The van der Waals surface area contributed by atoms with E-state index in [0.717, 1.165) is 16.8 Å². The van der Waals surface area contributed by atoms with Gasteiger partial charge in [0.1, 0.15) is 0 Å². The number of aromatic nitrogens is 1. The molecule has 0 radical (unpaired) electrons. The van der Waals surface area contributed by atoms with E-state index in [1.807, 2.05) is 47.9 Å². The van der Waals surface area contributed by atoms with Crippen molar-refractivity contribution < 1.29 is 23.2 Å². The fourth-order valence-corrected chi connectivity index (χ4v) is 5.26. The van der Waals surface area contributed by atoms with E-state index >= 15 is 0 Å². The molecule has 1 aromatic heterocycles. The summed E-state index contributed by atoms with van der Waals surface area (Å²) in [4.78, 5) is 25.2. The number of nitrogens with zero attached hydrogens (tertiary/aromatic N) is 1. The fourth-order valence-electron chi connectivity index (χ4n) is 3.79. The van der Waals surface area contributed by atoms with Crippen LogP contribution in [0, 0.1) is 6.92 Å². The Hall–Kier alpha value is -2.73. The highest BCUT2D eigenvalue weighted by Crippen LogP contribution is 2.52. The molecule has 0 spiro atoms. The lowest BCUT2D eigenvalue weighted by Gasteiger charge is -2.16. The molecule has 0 unspecified atom stereocenters. The molecule has 2 N–H and O–H groups in total. The Morgan fingerprint density at radius 1 is 1.00 bits per heavy atom. The summed E-state index contributed by atoms with van der Waals surface area (Å²) in [6, 6.07) is 15.1. The van der Waals surface area contributed by atoms with Crippen LogP contribution in [0.15, 0.2) is 48.5 Å². The number of benzene rings is 2. The molecule has 0 saturated heterocycles. The number of hydrogen-bond donors (Lipinski definition) is 1. The van der Waals surface area contributed by atoms with Gasteiger partial charge in [0.25, 0.3) is 5.52 Å². The average Bonchev–Trinajstić information content (AvgIpc) is 3.00. The lowest BCUT2D eigenvalue weighted by molar-refractivity contribution is -0.117. The van der Waals surface area contributed by atoms with E-state index in [2.05, 4.69) is 0 Å². The van der Waals surface area contributed by atoms with E-state index in [9.17, 15) is 14.2 Å². The summed E-state index contributed by atoms with van der Waals surface area (Å²) in [5.41, 5.74) is 8.28. The number of primary amides is 1. The third kappa shape index (κ3) is 4.64. The zero-order valence-corrected chi connectivity index (χ0v) is 18.9. The fraction of sp³-hybridized carbons (Fsp3) is 0.304. The molecule has 0 aliphatic heterocycles.